The van der Waals surface area contributed by atoms with Gasteiger partial charge in [0.2, 0.25) is 5.91 Å². The van der Waals surface area contributed by atoms with E-state index in [2.05, 4.69) is 51.8 Å². The topological polar surface area (TPSA) is 110 Å². The number of ether oxygens (including phenoxy) is 1. The maximum Gasteiger partial charge on any atom is 0.404 e. The molecule has 1 aromatic heterocycles. The summed E-state index contributed by atoms with van der Waals surface area (Å²) in [5, 5.41) is 4.91. The Labute approximate surface area is 235 Å². The number of rotatable bonds is 9. The van der Waals surface area contributed by atoms with E-state index < -0.39 is 6.09 Å². The van der Waals surface area contributed by atoms with Crippen molar-refractivity contribution in [1.29, 1.82) is 0 Å². The molecule has 4 rings (SSSR count). The summed E-state index contributed by atoms with van der Waals surface area (Å²) in [5.74, 6) is 0.963. The van der Waals surface area contributed by atoms with Gasteiger partial charge in [-0.2, -0.15) is 0 Å². The fourth-order valence-electron chi connectivity index (χ4n) is 4.58. The van der Waals surface area contributed by atoms with Gasteiger partial charge in [0.15, 0.2) is 0 Å². The molecule has 0 bridgehead atoms. The highest BCUT2D eigenvalue weighted by atomic mass is 32.2. The van der Waals surface area contributed by atoms with Gasteiger partial charge in [-0.1, -0.05) is 46.1 Å². The molecule has 8 nitrogen and oxygen atoms in total. The maximum absolute atomic E-state index is 12.1. The van der Waals surface area contributed by atoms with E-state index >= 15 is 0 Å². The van der Waals surface area contributed by atoms with Crippen LogP contribution in [-0.4, -0.2) is 53.7 Å². The fraction of sp³-hybridized carbons (Fsp3) is 0.607. The number of amides is 2. The molecule has 1 saturated carbocycles. The normalized spacial score (nSPS) is 16.1. The zero-order valence-electron chi connectivity index (χ0n) is 23.3. The second-order valence-electron chi connectivity index (χ2n) is 10.4. The molecule has 2 aromatic rings. The Bertz CT molecular complexity index is 1050. The number of aromatic nitrogens is 1. The molecule has 210 valence electrons. The predicted octanol–water partition coefficient (Wildman–Crippen LogP) is 6.24. The first-order valence-electron chi connectivity index (χ1n) is 13.7. The lowest BCUT2D eigenvalue weighted by Crippen LogP contribution is -2.57. The summed E-state index contributed by atoms with van der Waals surface area (Å²) in [6.07, 6.45) is 7.86. The van der Waals surface area contributed by atoms with Crippen molar-refractivity contribution in [2.45, 2.75) is 89.7 Å². The monoisotopic (exact) mass is 561 g/mol. The molecular weight excluding hydrogens is 518 g/mol. The number of primary amides is 1. The number of thiazole rings is 1. The molecule has 4 N–H and O–H groups in total. The van der Waals surface area contributed by atoms with Gasteiger partial charge in [-0.25, -0.2) is 9.78 Å². The van der Waals surface area contributed by atoms with Crippen LogP contribution in [-0.2, 0) is 9.53 Å². The summed E-state index contributed by atoms with van der Waals surface area (Å²) >= 11 is 3.55. The van der Waals surface area contributed by atoms with Crippen LogP contribution in [0.1, 0.15) is 77.6 Å². The van der Waals surface area contributed by atoms with Gasteiger partial charge in [-0.05, 0) is 50.8 Å². The molecule has 38 heavy (non-hydrogen) atoms. The predicted molar refractivity (Wildman–Crippen MR) is 158 cm³/mol. The molecule has 0 radical (unpaired) electrons. The Morgan fingerprint density at radius 3 is 2.47 bits per heavy atom. The number of hydrogen-bond acceptors (Lipinski definition) is 8. The molecule has 0 atom stereocenters. The van der Waals surface area contributed by atoms with Crippen molar-refractivity contribution in [1.82, 2.24) is 14.6 Å². The summed E-state index contributed by atoms with van der Waals surface area (Å²) in [7, 11) is 0. The number of likely N-dealkylation sites (tertiary alicyclic amines) is 1. The Morgan fingerprint density at radius 2 is 1.89 bits per heavy atom. The number of benzene rings is 1. The molecule has 1 aliphatic carbocycles. The van der Waals surface area contributed by atoms with Crippen LogP contribution in [0.2, 0.25) is 0 Å². The summed E-state index contributed by atoms with van der Waals surface area (Å²) in [6.45, 7) is 12.0. The van der Waals surface area contributed by atoms with E-state index in [0.29, 0.717) is 12.0 Å². The Kier molecular flexibility index (Phi) is 11.7. The van der Waals surface area contributed by atoms with Crippen molar-refractivity contribution < 1.29 is 14.3 Å². The van der Waals surface area contributed by atoms with E-state index in [1.54, 1.807) is 25.8 Å². The zero-order chi connectivity index (χ0) is 27.7. The molecule has 2 aliphatic rings. The molecule has 1 aromatic carbocycles. The smallest absolute Gasteiger partial charge is 0.404 e. The first kappa shape index (κ1) is 30.2. The highest BCUT2D eigenvalue weighted by Gasteiger charge is 2.31. The largest absolute Gasteiger partial charge is 0.447 e. The third-order valence-electron chi connectivity index (χ3n) is 6.46. The number of anilines is 1. The van der Waals surface area contributed by atoms with E-state index in [1.165, 1.54) is 52.4 Å². The summed E-state index contributed by atoms with van der Waals surface area (Å²) in [4.78, 5) is 31.1. The van der Waals surface area contributed by atoms with Crippen molar-refractivity contribution >= 4 is 41.0 Å². The number of nitrogens with one attached hydrogen (secondary N) is 2. The standard InChI is InChI=1S/C24H34N4OS2.C4H9NO2/c1-4-26-31-21-12-18(27-19-14-28(15-19)24(29)16(2)3)10-11-20(21)22-13-25-23(30-22)17-8-6-5-7-9-17;1-3(2)7-4(5)6/h10-13,16-17,19,26-27H,4-9,14-15H2,1-3H3;3H,1-2H3,(H2,5,6). The molecule has 2 amide bonds. The number of nitrogens with zero attached hydrogens (tertiary/aromatic N) is 2. The molecule has 10 heteroatoms. The third-order valence-corrected chi connectivity index (χ3v) is 8.65. The fourth-order valence-corrected chi connectivity index (χ4v) is 6.55. The van der Waals surface area contributed by atoms with E-state index in [4.69, 9.17) is 4.98 Å². The number of nitrogens with two attached hydrogens (primary N) is 1. The first-order chi connectivity index (χ1) is 18.2. The molecule has 1 saturated heterocycles. The average molecular weight is 562 g/mol. The SMILES string of the molecule is CC(C)OC(N)=O.CCNSc1cc(NC2CN(C(=O)C(C)C)C2)ccc1-c1cnc(C2CCCCC2)s1. The second-order valence-corrected chi connectivity index (χ2v) is 12.4. The maximum atomic E-state index is 12.1. The van der Waals surface area contributed by atoms with Gasteiger partial charge in [-0.15, -0.1) is 11.3 Å². The summed E-state index contributed by atoms with van der Waals surface area (Å²) in [6, 6.07) is 6.94. The average Bonchev–Trinajstić information content (AvgIpc) is 3.34. The summed E-state index contributed by atoms with van der Waals surface area (Å²) in [5.41, 5.74) is 7.00. The van der Waals surface area contributed by atoms with E-state index in [0.717, 1.165) is 25.3 Å². The quantitative estimate of drug-likeness (QED) is 0.311. The number of carbonyl (C=O) groups excluding carboxylic acids is 2. The molecule has 1 aliphatic heterocycles. The van der Waals surface area contributed by atoms with Crippen LogP contribution in [0, 0.1) is 5.92 Å². The van der Waals surface area contributed by atoms with Crippen molar-refractivity contribution in [3.8, 4) is 10.4 Å². The van der Waals surface area contributed by atoms with Crippen LogP contribution >= 0.6 is 23.3 Å². The van der Waals surface area contributed by atoms with Gasteiger partial charge in [-0.3, -0.25) is 9.52 Å². The van der Waals surface area contributed by atoms with Crippen molar-refractivity contribution in [2.24, 2.45) is 11.7 Å². The Morgan fingerprint density at radius 1 is 1.18 bits per heavy atom. The molecule has 0 spiro atoms. The lowest BCUT2D eigenvalue weighted by atomic mass is 9.90. The lowest BCUT2D eigenvalue weighted by Gasteiger charge is -2.41. The van der Waals surface area contributed by atoms with E-state index in [-0.39, 0.29) is 17.9 Å². The molecule has 0 unspecified atom stereocenters. The van der Waals surface area contributed by atoms with Crippen LogP contribution in [0.5, 0.6) is 0 Å². The minimum atomic E-state index is -0.713. The van der Waals surface area contributed by atoms with Crippen LogP contribution in [0.4, 0.5) is 10.5 Å². The van der Waals surface area contributed by atoms with Gasteiger partial charge in [0.25, 0.3) is 0 Å². The summed E-state index contributed by atoms with van der Waals surface area (Å²) < 4.78 is 7.80. The zero-order valence-corrected chi connectivity index (χ0v) is 24.9. The van der Waals surface area contributed by atoms with Crippen LogP contribution in [0.3, 0.4) is 0 Å². The Hall–Kier alpha value is -2.30. The minimum absolute atomic E-state index is 0.0706. The molecular formula is C28H43N5O3S2. The van der Waals surface area contributed by atoms with Gasteiger partial charge in [0.1, 0.15) is 0 Å². The van der Waals surface area contributed by atoms with E-state index in [9.17, 15) is 9.59 Å². The second kappa shape index (κ2) is 14.7. The third kappa shape index (κ3) is 8.88. The highest BCUT2D eigenvalue weighted by Crippen LogP contribution is 2.40. The van der Waals surface area contributed by atoms with Gasteiger partial charge < -0.3 is 20.7 Å². The molecule has 2 heterocycles. The van der Waals surface area contributed by atoms with Crippen molar-refractivity contribution in [2.75, 3.05) is 25.0 Å². The minimum Gasteiger partial charge on any atom is -0.447 e. The highest BCUT2D eigenvalue weighted by molar-refractivity contribution is 7.97. The van der Waals surface area contributed by atoms with Crippen LogP contribution < -0.4 is 15.8 Å². The van der Waals surface area contributed by atoms with Crippen molar-refractivity contribution in [3.63, 3.8) is 0 Å². The van der Waals surface area contributed by atoms with Gasteiger partial charge in [0, 0.05) is 53.8 Å². The van der Waals surface area contributed by atoms with Gasteiger partial charge in [0.05, 0.1) is 22.0 Å². The molecule has 2 fully saturated rings. The van der Waals surface area contributed by atoms with Crippen LogP contribution in [0.25, 0.3) is 10.4 Å². The first-order valence-corrected chi connectivity index (χ1v) is 15.3. The van der Waals surface area contributed by atoms with Gasteiger partial charge >= 0.3 is 6.09 Å². The van der Waals surface area contributed by atoms with Crippen LogP contribution in [0.15, 0.2) is 29.3 Å². The van der Waals surface area contributed by atoms with E-state index in [1.807, 2.05) is 30.1 Å². The Balaban J connectivity index is 0.000000505. The number of hydrogen-bond donors (Lipinski definition) is 3. The lowest BCUT2D eigenvalue weighted by molar-refractivity contribution is -0.138. The number of carbonyl (C=O) groups is 2. The van der Waals surface area contributed by atoms with Crippen molar-refractivity contribution in [3.05, 3.63) is 29.4 Å².